The number of nitrogens with zero attached hydrogens (tertiary/aromatic N) is 3. The van der Waals surface area contributed by atoms with Gasteiger partial charge in [-0.05, 0) is 49.2 Å². The zero-order valence-electron chi connectivity index (χ0n) is 13.9. The number of aromatic nitrogens is 3. The molecule has 3 aromatic rings. The van der Waals surface area contributed by atoms with Gasteiger partial charge in [0.25, 0.3) is 0 Å². The Hall–Kier alpha value is -2.66. The summed E-state index contributed by atoms with van der Waals surface area (Å²) in [6.07, 6.45) is 4.57. The lowest BCUT2D eigenvalue weighted by Crippen LogP contribution is -2.24. The van der Waals surface area contributed by atoms with E-state index in [9.17, 15) is 5.11 Å². The molecule has 0 radical (unpaired) electrons. The van der Waals surface area contributed by atoms with Crippen LogP contribution in [0.25, 0.3) is 11.3 Å². The second kappa shape index (κ2) is 7.27. The van der Waals surface area contributed by atoms with E-state index in [0.717, 1.165) is 28.1 Å². The lowest BCUT2D eigenvalue weighted by atomic mass is 10.1. The Morgan fingerprint density at radius 2 is 1.88 bits per heavy atom. The molecule has 1 atom stereocenters. The van der Waals surface area contributed by atoms with Crippen molar-refractivity contribution in [1.29, 1.82) is 0 Å². The molecule has 0 aliphatic carbocycles. The van der Waals surface area contributed by atoms with Crippen molar-refractivity contribution in [3.63, 3.8) is 0 Å². The van der Waals surface area contributed by atoms with Gasteiger partial charge in [0.1, 0.15) is 18.5 Å². The minimum absolute atomic E-state index is 0.222. The number of benzene rings is 1. The zero-order valence-corrected chi connectivity index (χ0v) is 13.9. The van der Waals surface area contributed by atoms with Crippen molar-refractivity contribution < 1.29 is 9.84 Å². The SMILES string of the molecule is Cc1ccc(C)c(OCC(O)Cn2nccc2-c2ccncc2)c1. The van der Waals surface area contributed by atoms with Crippen LogP contribution in [0.4, 0.5) is 0 Å². The van der Waals surface area contributed by atoms with Crippen molar-refractivity contribution in [1.82, 2.24) is 14.8 Å². The monoisotopic (exact) mass is 323 g/mol. The first-order valence-electron chi connectivity index (χ1n) is 7.94. The molecule has 3 rings (SSSR count). The van der Waals surface area contributed by atoms with Gasteiger partial charge in [-0.3, -0.25) is 9.67 Å². The van der Waals surface area contributed by atoms with E-state index in [0.29, 0.717) is 6.54 Å². The van der Waals surface area contributed by atoms with Crippen LogP contribution in [0, 0.1) is 13.8 Å². The standard InChI is InChI=1S/C19H21N3O2/c1-14-3-4-15(2)19(11-14)24-13-17(23)12-22-18(7-10-21-22)16-5-8-20-9-6-16/h3-11,17,23H,12-13H2,1-2H3. The van der Waals surface area contributed by atoms with E-state index in [2.05, 4.69) is 10.1 Å². The molecular formula is C19H21N3O2. The zero-order chi connectivity index (χ0) is 16.9. The summed E-state index contributed by atoms with van der Waals surface area (Å²) in [5, 5.41) is 14.6. The summed E-state index contributed by atoms with van der Waals surface area (Å²) in [6, 6.07) is 11.8. The van der Waals surface area contributed by atoms with E-state index in [1.165, 1.54) is 0 Å². The van der Waals surface area contributed by atoms with Gasteiger partial charge in [-0.1, -0.05) is 12.1 Å². The predicted molar refractivity (Wildman–Crippen MR) is 92.9 cm³/mol. The fourth-order valence-corrected chi connectivity index (χ4v) is 2.55. The van der Waals surface area contributed by atoms with Crippen LogP contribution in [-0.2, 0) is 6.54 Å². The molecule has 0 spiro atoms. The molecule has 0 fully saturated rings. The molecule has 0 aliphatic rings. The first kappa shape index (κ1) is 16.2. The fraction of sp³-hybridized carbons (Fsp3) is 0.263. The van der Waals surface area contributed by atoms with E-state index in [4.69, 9.17) is 4.74 Å². The highest BCUT2D eigenvalue weighted by molar-refractivity contribution is 5.58. The highest BCUT2D eigenvalue weighted by Crippen LogP contribution is 2.20. The highest BCUT2D eigenvalue weighted by atomic mass is 16.5. The molecule has 5 heteroatoms. The van der Waals surface area contributed by atoms with Crippen molar-refractivity contribution in [3.8, 4) is 17.0 Å². The summed E-state index contributed by atoms with van der Waals surface area (Å²) in [5.41, 5.74) is 4.16. The summed E-state index contributed by atoms with van der Waals surface area (Å²) in [6.45, 7) is 4.61. The Morgan fingerprint density at radius 1 is 1.08 bits per heavy atom. The van der Waals surface area contributed by atoms with Crippen LogP contribution in [0.2, 0.25) is 0 Å². The third kappa shape index (κ3) is 3.81. The molecule has 1 N–H and O–H groups in total. The number of aryl methyl sites for hydroxylation is 2. The van der Waals surface area contributed by atoms with Crippen molar-refractivity contribution in [2.75, 3.05) is 6.61 Å². The third-order valence-corrected chi connectivity index (χ3v) is 3.85. The summed E-state index contributed by atoms with van der Waals surface area (Å²) in [4.78, 5) is 4.03. The van der Waals surface area contributed by atoms with Crippen LogP contribution in [0.3, 0.4) is 0 Å². The average Bonchev–Trinajstić information content (AvgIpc) is 3.04. The first-order chi connectivity index (χ1) is 11.6. The maximum Gasteiger partial charge on any atom is 0.122 e. The number of aliphatic hydroxyl groups is 1. The van der Waals surface area contributed by atoms with Gasteiger partial charge in [-0.2, -0.15) is 5.10 Å². The topological polar surface area (TPSA) is 60.2 Å². The highest BCUT2D eigenvalue weighted by Gasteiger charge is 2.12. The van der Waals surface area contributed by atoms with Gasteiger partial charge in [0, 0.05) is 24.2 Å². The van der Waals surface area contributed by atoms with Crippen molar-refractivity contribution in [2.45, 2.75) is 26.5 Å². The quantitative estimate of drug-likeness (QED) is 0.757. The van der Waals surface area contributed by atoms with Crippen LogP contribution >= 0.6 is 0 Å². The summed E-state index contributed by atoms with van der Waals surface area (Å²) < 4.78 is 7.56. The Morgan fingerprint density at radius 3 is 2.67 bits per heavy atom. The van der Waals surface area contributed by atoms with E-state index in [1.54, 1.807) is 23.3 Å². The number of ether oxygens (including phenoxy) is 1. The lowest BCUT2D eigenvalue weighted by molar-refractivity contribution is 0.0894. The van der Waals surface area contributed by atoms with Crippen LogP contribution < -0.4 is 4.74 Å². The first-order valence-corrected chi connectivity index (χ1v) is 7.94. The molecule has 0 saturated carbocycles. The Kier molecular flexibility index (Phi) is 4.91. The molecule has 0 saturated heterocycles. The molecule has 2 aromatic heterocycles. The molecule has 5 nitrogen and oxygen atoms in total. The fourth-order valence-electron chi connectivity index (χ4n) is 2.55. The van der Waals surface area contributed by atoms with Gasteiger partial charge >= 0.3 is 0 Å². The minimum Gasteiger partial charge on any atom is -0.491 e. The van der Waals surface area contributed by atoms with E-state index in [-0.39, 0.29) is 6.61 Å². The second-order valence-corrected chi connectivity index (χ2v) is 5.87. The van der Waals surface area contributed by atoms with Gasteiger partial charge in [-0.15, -0.1) is 0 Å². The maximum atomic E-state index is 10.3. The molecule has 0 amide bonds. The van der Waals surface area contributed by atoms with Crippen molar-refractivity contribution in [3.05, 3.63) is 66.1 Å². The Labute approximate surface area is 141 Å². The maximum absolute atomic E-state index is 10.3. The lowest BCUT2D eigenvalue weighted by Gasteiger charge is -2.16. The van der Waals surface area contributed by atoms with Gasteiger partial charge < -0.3 is 9.84 Å². The molecule has 0 bridgehead atoms. The molecule has 1 aromatic carbocycles. The van der Waals surface area contributed by atoms with Crippen LogP contribution in [-0.4, -0.2) is 32.6 Å². The Bertz CT molecular complexity index is 799. The van der Waals surface area contributed by atoms with Crippen LogP contribution in [0.15, 0.2) is 55.0 Å². The predicted octanol–water partition coefficient (Wildman–Crippen LogP) is 3.00. The number of pyridine rings is 1. The third-order valence-electron chi connectivity index (χ3n) is 3.85. The smallest absolute Gasteiger partial charge is 0.122 e. The van der Waals surface area contributed by atoms with E-state index < -0.39 is 6.10 Å². The molecule has 24 heavy (non-hydrogen) atoms. The number of hydrogen-bond acceptors (Lipinski definition) is 4. The van der Waals surface area contributed by atoms with Crippen LogP contribution in [0.5, 0.6) is 5.75 Å². The minimum atomic E-state index is -0.648. The summed E-state index contributed by atoms with van der Waals surface area (Å²) in [5.74, 6) is 0.809. The molecule has 2 heterocycles. The molecule has 124 valence electrons. The van der Waals surface area contributed by atoms with Crippen molar-refractivity contribution in [2.24, 2.45) is 0 Å². The van der Waals surface area contributed by atoms with Crippen molar-refractivity contribution >= 4 is 0 Å². The Balaban J connectivity index is 1.65. The molecule has 0 aliphatic heterocycles. The number of hydrogen-bond donors (Lipinski definition) is 1. The summed E-state index contributed by atoms with van der Waals surface area (Å²) in [7, 11) is 0. The van der Waals surface area contributed by atoms with Gasteiger partial charge in [0.15, 0.2) is 0 Å². The van der Waals surface area contributed by atoms with Gasteiger partial charge in [-0.25, -0.2) is 0 Å². The van der Waals surface area contributed by atoms with Gasteiger partial charge in [0.05, 0.1) is 12.2 Å². The summed E-state index contributed by atoms with van der Waals surface area (Å²) >= 11 is 0. The molecular weight excluding hydrogens is 302 g/mol. The van der Waals surface area contributed by atoms with E-state index in [1.807, 2.05) is 50.2 Å². The van der Waals surface area contributed by atoms with E-state index >= 15 is 0 Å². The average molecular weight is 323 g/mol. The number of rotatable bonds is 6. The normalized spacial score (nSPS) is 12.1. The van der Waals surface area contributed by atoms with Crippen LogP contribution in [0.1, 0.15) is 11.1 Å². The largest absolute Gasteiger partial charge is 0.491 e. The van der Waals surface area contributed by atoms with Gasteiger partial charge in [0.2, 0.25) is 0 Å². The number of aliphatic hydroxyl groups excluding tert-OH is 1. The second-order valence-electron chi connectivity index (χ2n) is 5.87. The molecule has 1 unspecified atom stereocenters.